The smallest absolute Gasteiger partial charge is 0.151 e. The largest absolute Gasteiger partial charge is 0.481 e. The van der Waals surface area contributed by atoms with Crippen LogP contribution in [0.3, 0.4) is 0 Å². The molecule has 4 heteroatoms. The van der Waals surface area contributed by atoms with Crippen LogP contribution in [-0.4, -0.2) is 35.4 Å². The number of piperidine rings is 1. The minimum atomic E-state index is -0.253. The molecule has 1 unspecified atom stereocenters. The number of para-hydroxylation sites is 1. The molecule has 0 bridgehead atoms. The highest BCUT2D eigenvalue weighted by Crippen LogP contribution is 2.41. The van der Waals surface area contributed by atoms with Crippen molar-refractivity contribution in [1.82, 2.24) is 9.47 Å². The van der Waals surface area contributed by atoms with Crippen molar-refractivity contribution in [3.05, 3.63) is 53.9 Å². The van der Waals surface area contributed by atoms with Crippen LogP contribution in [0.25, 0.3) is 0 Å². The van der Waals surface area contributed by atoms with Crippen LogP contribution in [0.2, 0.25) is 0 Å². The summed E-state index contributed by atoms with van der Waals surface area (Å²) >= 11 is 0. The molecule has 0 saturated carbocycles. The Morgan fingerprint density at radius 3 is 2.79 bits per heavy atom. The number of likely N-dealkylation sites (tertiary alicyclic amines) is 1. The minimum absolute atomic E-state index is 0.0960. The Morgan fingerprint density at radius 2 is 2.00 bits per heavy atom. The molecule has 1 atom stereocenters. The van der Waals surface area contributed by atoms with Gasteiger partial charge in [-0.3, -0.25) is 0 Å². The lowest BCUT2D eigenvalue weighted by Crippen LogP contribution is -2.47. The molecule has 0 radical (unpaired) electrons. The first-order chi connectivity index (χ1) is 11.7. The van der Waals surface area contributed by atoms with Crippen LogP contribution >= 0.6 is 0 Å². The first-order valence-electron chi connectivity index (χ1n) is 8.80. The summed E-state index contributed by atoms with van der Waals surface area (Å²) in [5.41, 5.74) is 2.27. The third-order valence-electron chi connectivity index (χ3n) is 5.36. The zero-order chi connectivity index (χ0) is 16.6. The second kappa shape index (κ2) is 6.10. The van der Waals surface area contributed by atoms with Gasteiger partial charge in [0.1, 0.15) is 12.0 Å². The fourth-order valence-corrected chi connectivity index (χ4v) is 4.05. The highest BCUT2D eigenvalue weighted by atomic mass is 16.5. The number of hydrogen-bond acceptors (Lipinski definition) is 3. The molecule has 0 N–H and O–H groups in total. The summed E-state index contributed by atoms with van der Waals surface area (Å²) in [7, 11) is 0. The molecule has 4 nitrogen and oxygen atoms in total. The average molecular weight is 324 g/mol. The minimum Gasteiger partial charge on any atom is -0.481 e. The summed E-state index contributed by atoms with van der Waals surface area (Å²) in [6.45, 7) is 5.63. The summed E-state index contributed by atoms with van der Waals surface area (Å²) in [5.74, 6) is 1.11. The molecular weight excluding hydrogens is 300 g/mol. The molecule has 126 valence electrons. The van der Waals surface area contributed by atoms with Gasteiger partial charge in [0.25, 0.3) is 0 Å². The molecule has 0 amide bonds. The number of benzene rings is 1. The maximum Gasteiger partial charge on any atom is 0.151 e. The molecule has 4 rings (SSSR count). The molecule has 1 aromatic carbocycles. The molecule has 24 heavy (non-hydrogen) atoms. The first kappa shape index (κ1) is 15.5. The highest BCUT2D eigenvalue weighted by Gasteiger charge is 2.42. The van der Waals surface area contributed by atoms with Crippen molar-refractivity contribution in [2.45, 2.75) is 31.9 Å². The van der Waals surface area contributed by atoms with E-state index in [1.54, 1.807) is 0 Å². The second-order valence-corrected chi connectivity index (χ2v) is 7.14. The van der Waals surface area contributed by atoms with E-state index in [4.69, 9.17) is 4.74 Å². The standard InChI is InChI=1S/C20H24N2O2/c1-16(15-23)13-21-11-8-20(9-12-21)19-7-4-10-22(19)14-17-5-2-3-6-18(17)24-20/h2-7,10,15-16H,8-9,11-14H2,1H3. The normalized spacial score (nSPS) is 20.5. The van der Waals surface area contributed by atoms with Crippen molar-refractivity contribution in [2.75, 3.05) is 19.6 Å². The van der Waals surface area contributed by atoms with E-state index in [0.717, 1.165) is 51.1 Å². The fourth-order valence-electron chi connectivity index (χ4n) is 4.05. The lowest BCUT2D eigenvalue weighted by Gasteiger charge is -2.42. The van der Waals surface area contributed by atoms with Crippen LogP contribution in [0.15, 0.2) is 42.6 Å². The van der Waals surface area contributed by atoms with Gasteiger partial charge < -0.3 is 19.0 Å². The van der Waals surface area contributed by atoms with E-state index in [-0.39, 0.29) is 11.5 Å². The highest BCUT2D eigenvalue weighted by molar-refractivity contribution is 5.53. The molecule has 1 fully saturated rings. The van der Waals surface area contributed by atoms with E-state index in [0.29, 0.717) is 0 Å². The molecule has 1 saturated heterocycles. The van der Waals surface area contributed by atoms with Gasteiger partial charge in [0, 0.05) is 50.2 Å². The van der Waals surface area contributed by atoms with Crippen molar-refractivity contribution in [1.29, 1.82) is 0 Å². The number of fused-ring (bicyclic) bond motifs is 3. The van der Waals surface area contributed by atoms with Gasteiger partial charge in [-0.05, 0) is 18.2 Å². The van der Waals surface area contributed by atoms with E-state index in [9.17, 15) is 4.79 Å². The van der Waals surface area contributed by atoms with Gasteiger partial charge in [-0.2, -0.15) is 0 Å². The Bertz CT molecular complexity index is 729. The van der Waals surface area contributed by atoms with E-state index >= 15 is 0 Å². The van der Waals surface area contributed by atoms with Crippen molar-refractivity contribution in [3.8, 4) is 5.75 Å². The topological polar surface area (TPSA) is 34.5 Å². The Hall–Kier alpha value is -2.07. The summed E-state index contributed by atoms with van der Waals surface area (Å²) in [6, 6.07) is 12.7. The number of ether oxygens (including phenoxy) is 1. The number of carbonyl (C=O) groups excluding carboxylic acids is 1. The number of aldehydes is 1. The van der Waals surface area contributed by atoms with Gasteiger partial charge in [-0.15, -0.1) is 0 Å². The average Bonchev–Trinajstić information content (AvgIpc) is 3.03. The monoisotopic (exact) mass is 324 g/mol. The molecule has 1 spiro atoms. The maximum atomic E-state index is 10.9. The van der Waals surface area contributed by atoms with Crippen LogP contribution < -0.4 is 4.74 Å². The van der Waals surface area contributed by atoms with Crippen molar-refractivity contribution in [3.63, 3.8) is 0 Å². The first-order valence-corrected chi connectivity index (χ1v) is 8.80. The number of rotatable bonds is 3. The fraction of sp³-hybridized carbons (Fsp3) is 0.450. The number of nitrogens with zero attached hydrogens (tertiary/aromatic N) is 2. The lowest BCUT2D eigenvalue weighted by molar-refractivity contribution is -0.111. The van der Waals surface area contributed by atoms with E-state index in [1.807, 2.05) is 13.0 Å². The Labute approximate surface area is 143 Å². The van der Waals surface area contributed by atoms with Crippen LogP contribution in [0.4, 0.5) is 0 Å². The van der Waals surface area contributed by atoms with Gasteiger partial charge in [0.05, 0.1) is 12.2 Å². The number of hydrogen-bond donors (Lipinski definition) is 0. The molecule has 2 aliphatic heterocycles. The SMILES string of the molecule is CC(C=O)CN1CCC2(CC1)Oc1ccccc1Cn1cccc12. The van der Waals surface area contributed by atoms with Gasteiger partial charge in [0.15, 0.2) is 5.60 Å². The predicted octanol–water partition coefficient (Wildman–Crippen LogP) is 3.05. The third kappa shape index (κ3) is 2.65. The molecule has 3 heterocycles. The van der Waals surface area contributed by atoms with Gasteiger partial charge in [0.2, 0.25) is 0 Å². The molecule has 0 aliphatic carbocycles. The predicted molar refractivity (Wildman–Crippen MR) is 93.2 cm³/mol. The van der Waals surface area contributed by atoms with Gasteiger partial charge >= 0.3 is 0 Å². The number of carbonyl (C=O) groups is 1. The quantitative estimate of drug-likeness (QED) is 0.814. The Balaban J connectivity index is 1.62. The van der Waals surface area contributed by atoms with Gasteiger partial charge in [-0.1, -0.05) is 25.1 Å². The Morgan fingerprint density at radius 1 is 1.21 bits per heavy atom. The molecular formula is C20H24N2O2. The van der Waals surface area contributed by atoms with Crippen molar-refractivity contribution >= 4 is 6.29 Å². The third-order valence-corrected chi connectivity index (χ3v) is 5.36. The van der Waals surface area contributed by atoms with Crippen molar-refractivity contribution in [2.24, 2.45) is 5.92 Å². The zero-order valence-electron chi connectivity index (χ0n) is 14.1. The molecule has 1 aromatic heterocycles. The Kier molecular flexibility index (Phi) is 3.93. The molecule has 2 aromatic rings. The number of aromatic nitrogens is 1. The summed E-state index contributed by atoms with van der Waals surface area (Å²) in [6.07, 6.45) is 5.12. The maximum absolute atomic E-state index is 10.9. The van der Waals surface area contributed by atoms with E-state index < -0.39 is 0 Å². The zero-order valence-corrected chi connectivity index (χ0v) is 14.1. The lowest BCUT2D eigenvalue weighted by atomic mass is 9.87. The van der Waals surface area contributed by atoms with Crippen LogP contribution in [0.5, 0.6) is 5.75 Å². The summed E-state index contributed by atoms with van der Waals surface area (Å²) in [5, 5.41) is 0. The van der Waals surface area contributed by atoms with Crippen molar-refractivity contribution < 1.29 is 9.53 Å². The second-order valence-electron chi connectivity index (χ2n) is 7.14. The van der Waals surface area contributed by atoms with Crippen LogP contribution in [-0.2, 0) is 16.9 Å². The van der Waals surface area contributed by atoms with Crippen LogP contribution in [0.1, 0.15) is 31.0 Å². The summed E-state index contributed by atoms with van der Waals surface area (Å²) < 4.78 is 8.96. The van der Waals surface area contributed by atoms with Gasteiger partial charge in [-0.25, -0.2) is 0 Å². The van der Waals surface area contributed by atoms with E-state index in [1.165, 1.54) is 11.3 Å². The van der Waals surface area contributed by atoms with Crippen LogP contribution in [0, 0.1) is 5.92 Å². The summed E-state index contributed by atoms with van der Waals surface area (Å²) in [4.78, 5) is 13.3. The molecule has 2 aliphatic rings. The van der Waals surface area contributed by atoms with E-state index in [2.05, 4.69) is 46.0 Å².